The molecule has 2 rings (SSSR count). The molecular formula is C15H19BrF3NO. The zero-order valence-electron chi connectivity index (χ0n) is 11.7. The fourth-order valence-electron chi connectivity index (χ4n) is 2.65. The van der Waals surface area contributed by atoms with Crippen LogP contribution in [0.4, 0.5) is 13.2 Å². The molecule has 1 aromatic carbocycles. The van der Waals surface area contributed by atoms with Gasteiger partial charge in [-0.2, -0.15) is 13.2 Å². The summed E-state index contributed by atoms with van der Waals surface area (Å²) in [4.78, 5) is 0. The molecule has 1 aliphatic rings. The van der Waals surface area contributed by atoms with Gasteiger partial charge in [0.25, 0.3) is 0 Å². The Morgan fingerprint density at radius 2 is 1.76 bits per heavy atom. The van der Waals surface area contributed by atoms with Crippen molar-refractivity contribution >= 4 is 15.9 Å². The van der Waals surface area contributed by atoms with E-state index in [1.54, 1.807) is 0 Å². The lowest BCUT2D eigenvalue weighted by atomic mass is 9.92. The van der Waals surface area contributed by atoms with Gasteiger partial charge in [-0.15, -0.1) is 0 Å². The molecule has 2 nitrogen and oxygen atoms in total. The van der Waals surface area contributed by atoms with E-state index in [0.29, 0.717) is 4.47 Å². The molecule has 0 atom stereocenters. The van der Waals surface area contributed by atoms with Gasteiger partial charge in [0.15, 0.2) is 0 Å². The van der Waals surface area contributed by atoms with Crippen molar-refractivity contribution in [2.75, 3.05) is 6.61 Å². The summed E-state index contributed by atoms with van der Waals surface area (Å²) in [6, 6.07) is 3.73. The van der Waals surface area contributed by atoms with E-state index in [4.69, 9.17) is 10.5 Å². The van der Waals surface area contributed by atoms with Crippen LogP contribution in [0.3, 0.4) is 0 Å². The normalized spacial score (nSPS) is 19.1. The molecule has 2 N–H and O–H groups in total. The highest BCUT2D eigenvalue weighted by Gasteiger charge is 2.35. The van der Waals surface area contributed by atoms with E-state index in [0.717, 1.165) is 44.6 Å². The van der Waals surface area contributed by atoms with Gasteiger partial charge in [0, 0.05) is 4.47 Å². The molecule has 0 bridgehead atoms. The second-order valence-electron chi connectivity index (χ2n) is 5.70. The predicted octanol–water partition coefficient (Wildman–Crippen LogP) is 4.90. The van der Waals surface area contributed by atoms with Crippen LogP contribution in [0.15, 0.2) is 22.7 Å². The second kappa shape index (κ2) is 6.57. The highest BCUT2D eigenvalue weighted by molar-refractivity contribution is 9.10. The van der Waals surface area contributed by atoms with Gasteiger partial charge in [0.1, 0.15) is 12.4 Å². The van der Waals surface area contributed by atoms with Crippen LogP contribution < -0.4 is 10.5 Å². The summed E-state index contributed by atoms with van der Waals surface area (Å²) in [5, 5.41) is 0. The molecule has 0 saturated heterocycles. The third-order valence-corrected chi connectivity index (χ3v) is 4.36. The SMILES string of the molecule is NC1(COc2cc(Br)ccc2C(F)(F)F)CCCCCC1. The van der Waals surface area contributed by atoms with Crippen LogP contribution in [0.5, 0.6) is 5.75 Å². The van der Waals surface area contributed by atoms with Gasteiger partial charge in [-0.1, -0.05) is 41.6 Å². The smallest absolute Gasteiger partial charge is 0.419 e. The van der Waals surface area contributed by atoms with Crippen molar-refractivity contribution in [2.24, 2.45) is 5.73 Å². The lowest BCUT2D eigenvalue weighted by molar-refractivity contribution is -0.139. The Hall–Kier alpha value is -0.750. The van der Waals surface area contributed by atoms with Crippen molar-refractivity contribution in [1.82, 2.24) is 0 Å². The fourth-order valence-corrected chi connectivity index (χ4v) is 2.99. The maximum absolute atomic E-state index is 13.0. The summed E-state index contributed by atoms with van der Waals surface area (Å²) in [5.41, 5.74) is 5.00. The summed E-state index contributed by atoms with van der Waals surface area (Å²) in [7, 11) is 0. The van der Waals surface area contributed by atoms with Crippen molar-refractivity contribution in [2.45, 2.75) is 50.2 Å². The molecule has 21 heavy (non-hydrogen) atoms. The Kier molecular flexibility index (Phi) is 5.20. The topological polar surface area (TPSA) is 35.2 Å². The van der Waals surface area contributed by atoms with Crippen LogP contribution in [0.1, 0.15) is 44.1 Å². The lowest BCUT2D eigenvalue weighted by Crippen LogP contribution is -2.45. The highest BCUT2D eigenvalue weighted by Crippen LogP contribution is 2.38. The Balaban J connectivity index is 2.13. The fraction of sp³-hybridized carbons (Fsp3) is 0.600. The van der Waals surface area contributed by atoms with E-state index in [-0.39, 0.29) is 12.4 Å². The second-order valence-corrected chi connectivity index (χ2v) is 6.62. The zero-order valence-corrected chi connectivity index (χ0v) is 13.3. The third-order valence-electron chi connectivity index (χ3n) is 3.86. The molecule has 118 valence electrons. The van der Waals surface area contributed by atoms with Crippen molar-refractivity contribution in [1.29, 1.82) is 0 Å². The number of hydrogen-bond donors (Lipinski definition) is 1. The minimum Gasteiger partial charge on any atom is -0.491 e. The van der Waals surface area contributed by atoms with E-state index in [2.05, 4.69) is 15.9 Å². The maximum atomic E-state index is 13.0. The molecule has 0 spiro atoms. The maximum Gasteiger partial charge on any atom is 0.419 e. The van der Waals surface area contributed by atoms with Crippen LogP contribution in [-0.4, -0.2) is 12.1 Å². The van der Waals surface area contributed by atoms with E-state index in [1.165, 1.54) is 12.1 Å². The summed E-state index contributed by atoms with van der Waals surface area (Å²) < 4.78 is 45.0. The molecule has 1 aromatic rings. The van der Waals surface area contributed by atoms with Crippen LogP contribution in [0, 0.1) is 0 Å². The lowest BCUT2D eigenvalue weighted by Gasteiger charge is -2.28. The summed E-state index contributed by atoms with van der Waals surface area (Å²) in [6.45, 7) is 0.118. The molecule has 0 radical (unpaired) electrons. The van der Waals surface area contributed by atoms with Crippen molar-refractivity contribution in [3.8, 4) is 5.75 Å². The molecule has 0 aromatic heterocycles. The van der Waals surface area contributed by atoms with Gasteiger partial charge >= 0.3 is 6.18 Å². The van der Waals surface area contributed by atoms with E-state index < -0.39 is 17.3 Å². The largest absolute Gasteiger partial charge is 0.491 e. The molecule has 1 saturated carbocycles. The van der Waals surface area contributed by atoms with Gasteiger partial charge in [0.2, 0.25) is 0 Å². The number of alkyl halides is 3. The summed E-state index contributed by atoms with van der Waals surface area (Å²) in [6.07, 6.45) is 1.42. The molecule has 0 aliphatic heterocycles. The van der Waals surface area contributed by atoms with Gasteiger partial charge in [-0.05, 0) is 31.0 Å². The van der Waals surface area contributed by atoms with Gasteiger partial charge in [-0.3, -0.25) is 0 Å². The molecule has 0 unspecified atom stereocenters. The highest BCUT2D eigenvalue weighted by atomic mass is 79.9. The first-order valence-electron chi connectivity index (χ1n) is 7.09. The van der Waals surface area contributed by atoms with E-state index in [9.17, 15) is 13.2 Å². The van der Waals surface area contributed by atoms with Crippen LogP contribution in [0.25, 0.3) is 0 Å². The standard InChI is InChI=1S/C15H19BrF3NO/c16-11-5-6-12(15(17,18)19)13(9-11)21-10-14(20)7-3-1-2-4-8-14/h5-6,9H,1-4,7-8,10,20H2. The van der Waals surface area contributed by atoms with Crippen LogP contribution in [0.2, 0.25) is 0 Å². The Morgan fingerprint density at radius 1 is 1.14 bits per heavy atom. The van der Waals surface area contributed by atoms with Gasteiger partial charge in [-0.25, -0.2) is 0 Å². The molecule has 1 aliphatic carbocycles. The first-order chi connectivity index (χ1) is 9.80. The molecule has 0 amide bonds. The molecule has 1 fully saturated rings. The molecule has 6 heteroatoms. The molecule has 0 heterocycles. The monoisotopic (exact) mass is 365 g/mol. The number of halogens is 4. The minimum absolute atomic E-state index is 0.118. The number of ether oxygens (including phenoxy) is 1. The van der Waals surface area contributed by atoms with Crippen LogP contribution in [-0.2, 0) is 6.18 Å². The number of rotatable bonds is 3. The van der Waals surface area contributed by atoms with E-state index >= 15 is 0 Å². The van der Waals surface area contributed by atoms with Crippen LogP contribution >= 0.6 is 15.9 Å². The third kappa shape index (κ3) is 4.61. The average molecular weight is 366 g/mol. The molecular weight excluding hydrogens is 347 g/mol. The number of nitrogens with two attached hydrogens (primary N) is 1. The van der Waals surface area contributed by atoms with Crippen molar-refractivity contribution in [3.05, 3.63) is 28.2 Å². The number of hydrogen-bond acceptors (Lipinski definition) is 2. The quantitative estimate of drug-likeness (QED) is 0.773. The zero-order chi connectivity index (χ0) is 15.5. The average Bonchev–Trinajstić information content (AvgIpc) is 2.60. The van der Waals surface area contributed by atoms with Crippen molar-refractivity contribution in [3.63, 3.8) is 0 Å². The minimum atomic E-state index is -4.43. The number of benzene rings is 1. The Labute approximate surface area is 131 Å². The van der Waals surface area contributed by atoms with E-state index in [1.807, 2.05) is 0 Å². The first kappa shape index (κ1) is 16.6. The predicted molar refractivity (Wildman–Crippen MR) is 79.3 cm³/mol. The van der Waals surface area contributed by atoms with Gasteiger partial charge < -0.3 is 10.5 Å². The Morgan fingerprint density at radius 3 is 2.33 bits per heavy atom. The Bertz CT molecular complexity index is 482. The van der Waals surface area contributed by atoms with Crippen molar-refractivity contribution < 1.29 is 17.9 Å². The first-order valence-corrected chi connectivity index (χ1v) is 7.88. The summed E-state index contributed by atoms with van der Waals surface area (Å²) >= 11 is 3.18. The summed E-state index contributed by atoms with van der Waals surface area (Å²) in [5.74, 6) is -0.161. The van der Waals surface area contributed by atoms with Gasteiger partial charge in [0.05, 0.1) is 11.1 Å².